The second-order valence-electron chi connectivity index (χ2n) is 6.50. The number of hydrogen-bond donors (Lipinski definition) is 1. The summed E-state index contributed by atoms with van der Waals surface area (Å²) in [5.41, 5.74) is 3.89. The Morgan fingerprint density at radius 3 is 2.34 bits per heavy atom. The molecule has 0 aliphatic rings. The number of nitrogens with one attached hydrogen (secondary N) is 1. The average Bonchev–Trinajstić information content (AvgIpc) is 2.77. The smallest absolute Gasteiger partial charge is 0.230 e. The summed E-state index contributed by atoms with van der Waals surface area (Å²) >= 11 is 1.45. The SMILES string of the molecule is N#Cc1ccc(SCC(=O)NCc2cccc(COCc3ccccc3)c2)cc1. The lowest BCUT2D eigenvalue weighted by Crippen LogP contribution is -2.24. The summed E-state index contributed by atoms with van der Waals surface area (Å²) in [5.74, 6) is 0.316. The van der Waals surface area contributed by atoms with Gasteiger partial charge in [0.25, 0.3) is 0 Å². The van der Waals surface area contributed by atoms with Gasteiger partial charge in [-0.3, -0.25) is 4.79 Å². The molecular formula is C24H22N2O2S. The van der Waals surface area contributed by atoms with E-state index in [1.807, 2.05) is 60.7 Å². The number of benzene rings is 3. The van der Waals surface area contributed by atoms with Crippen molar-refractivity contribution in [3.63, 3.8) is 0 Å². The third kappa shape index (κ3) is 7.11. The van der Waals surface area contributed by atoms with Gasteiger partial charge < -0.3 is 10.1 Å². The fourth-order valence-corrected chi connectivity index (χ4v) is 3.44. The average molecular weight is 403 g/mol. The Morgan fingerprint density at radius 2 is 1.59 bits per heavy atom. The number of ether oxygens (including phenoxy) is 1. The topological polar surface area (TPSA) is 62.1 Å². The van der Waals surface area contributed by atoms with E-state index in [-0.39, 0.29) is 5.91 Å². The lowest BCUT2D eigenvalue weighted by Gasteiger charge is -2.08. The maximum Gasteiger partial charge on any atom is 0.230 e. The highest BCUT2D eigenvalue weighted by atomic mass is 32.2. The van der Waals surface area contributed by atoms with Crippen LogP contribution in [-0.4, -0.2) is 11.7 Å². The monoisotopic (exact) mass is 402 g/mol. The van der Waals surface area contributed by atoms with Crippen LogP contribution in [0.1, 0.15) is 22.3 Å². The van der Waals surface area contributed by atoms with Crippen LogP contribution < -0.4 is 5.32 Å². The van der Waals surface area contributed by atoms with Crippen molar-refractivity contribution < 1.29 is 9.53 Å². The minimum atomic E-state index is -0.0231. The van der Waals surface area contributed by atoms with Crippen LogP contribution in [0.3, 0.4) is 0 Å². The molecule has 0 aliphatic heterocycles. The van der Waals surface area contributed by atoms with E-state index in [0.29, 0.717) is 31.1 Å². The molecule has 146 valence electrons. The molecule has 0 heterocycles. The molecule has 0 bridgehead atoms. The molecule has 3 aromatic rings. The second kappa shape index (κ2) is 11.1. The Balaban J connectivity index is 1.41. The van der Waals surface area contributed by atoms with Gasteiger partial charge in [-0.05, 0) is 41.0 Å². The van der Waals surface area contributed by atoms with Crippen molar-refractivity contribution in [2.24, 2.45) is 0 Å². The van der Waals surface area contributed by atoms with Gasteiger partial charge in [-0.2, -0.15) is 5.26 Å². The van der Waals surface area contributed by atoms with E-state index in [4.69, 9.17) is 10.00 Å². The van der Waals surface area contributed by atoms with Gasteiger partial charge in [-0.1, -0.05) is 54.6 Å². The predicted molar refractivity (Wildman–Crippen MR) is 115 cm³/mol. The molecule has 0 unspecified atom stereocenters. The molecule has 1 amide bonds. The van der Waals surface area contributed by atoms with Crippen LogP contribution >= 0.6 is 11.8 Å². The summed E-state index contributed by atoms with van der Waals surface area (Å²) in [4.78, 5) is 13.1. The molecule has 0 aliphatic carbocycles. The molecular weight excluding hydrogens is 380 g/mol. The van der Waals surface area contributed by atoms with Gasteiger partial charge in [0.2, 0.25) is 5.91 Å². The molecule has 5 heteroatoms. The molecule has 3 rings (SSSR count). The minimum Gasteiger partial charge on any atom is -0.372 e. The second-order valence-corrected chi connectivity index (χ2v) is 7.55. The first-order valence-corrected chi connectivity index (χ1v) is 10.3. The zero-order chi connectivity index (χ0) is 20.3. The van der Waals surface area contributed by atoms with Crippen molar-refractivity contribution in [2.45, 2.75) is 24.7 Å². The van der Waals surface area contributed by atoms with Crippen LogP contribution in [0.15, 0.2) is 83.8 Å². The van der Waals surface area contributed by atoms with E-state index in [1.165, 1.54) is 11.8 Å². The highest BCUT2D eigenvalue weighted by Crippen LogP contribution is 2.18. The first-order chi connectivity index (χ1) is 14.2. The van der Waals surface area contributed by atoms with Gasteiger partial charge in [-0.15, -0.1) is 11.8 Å². The van der Waals surface area contributed by atoms with E-state index in [2.05, 4.69) is 17.5 Å². The summed E-state index contributed by atoms with van der Waals surface area (Å²) in [6, 6.07) is 27.4. The van der Waals surface area contributed by atoms with Gasteiger partial charge in [0.05, 0.1) is 30.6 Å². The van der Waals surface area contributed by atoms with Crippen molar-refractivity contribution in [3.05, 3.63) is 101 Å². The zero-order valence-corrected chi connectivity index (χ0v) is 16.8. The van der Waals surface area contributed by atoms with Crippen molar-refractivity contribution in [3.8, 4) is 6.07 Å². The minimum absolute atomic E-state index is 0.0231. The van der Waals surface area contributed by atoms with Crippen molar-refractivity contribution >= 4 is 17.7 Å². The highest BCUT2D eigenvalue weighted by molar-refractivity contribution is 8.00. The summed E-state index contributed by atoms with van der Waals surface area (Å²) < 4.78 is 5.78. The van der Waals surface area contributed by atoms with Crippen molar-refractivity contribution in [1.29, 1.82) is 5.26 Å². The summed E-state index contributed by atoms with van der Waals surface area (Å²) in [6.07, 6.45) is 0. The predicted octanol–water partition coefficient (Wildman–Crippen LogP) is 4.68. The molecule has 0 saturated carbocycles. The van der Waals surface area contributed by atoms with E-state index >= 15 is 0 Å². The molecule has 1 N–H and O–H groups in total. The first-order valence-electron chi connectivity index (χ1n) is 9.32. The van der Waals surface area contributed by atoms with Gasteiger partial charge in [0.1, 0.15) is 0 Å². The number of carbonyl (C=O) groups is 1. The Hall–Kier alpha value is -3.07. The number of nitrogens with zero attached hydrogens (tertiary/aromatic N) is 1. The molecule has 0 spiro atoms. The number of rotatable bonds is 9. The summed E-state index contributed by atoms with van der Waals surface area (Å²) in [6.45, 7) is 1.60. The van der Waals surface area contributed by atoms with Gasteiger partial charge in [0.15, 0.2) is 0 Å². The lowest BCUT2D eigenvalue weighted by molar-refractivity contribution is -0.118. The standard InChI is InChI=1S/C24H22N2O2S/c25-14-19-9-11-23(12-10-19)29-18-24(27)26-15-21-7-4-8-22(13-21)17-28-16-20-5-2-1-3-6-20/h1-13H,15-18H2,(H,26,27). The molecule has 4 nitrogen and oxygen atoms in total. The van der Waals surface area contributed by atoms with E-state index in [9.17, 15) is 4.79 Å². The summed E-state index contributed by atoms with van der Waals surface area (Å²) in [7, 11) is 0. The third-order valence-corrected chi connectivity index (χ3v) is 5.23. The van der Waals surface area contributed by atoms with Crippen LogP contribution in [0, 0.1) is 11.3 Å². The fraction of sp³-hybridized carbons (Fsp3) is 0.167. The Morgan fingerprint density at radius 1 is 0.897 bits per heavy atom. The molecule has 0 atom stereocenters. The molecule has 3 aromatic carbocycles. The largest absolute Gasteiger partial charge is 0.372 e. The van der Waals surface area contributed by atoms with Crippen LogP contribution in [0.4, 0.5) is 0 Å². The van der Waals surface area contributed by atoms with Gasteiger partial charge in [-0.25, -0.2) is 0 Å². The van der Waals surface area contributed by atoms with Crippen molar-refractivity contribution in [1.82, 2.24) is 5.32 Å². The molecule has 0 radical (unpaired) electrons. The Bertz CT molecular complexity index is 966. The number of carbonyl (C=O) groups excluding carboxylic acids is 1. The van der Waals surface area contributed by atoms with E-state index in [1.54, 1.807) is 12.1 Å². The van der Waals surface area contributed by atoms with Crippen molar-refractivity contribution in [2.75, 3.05) is 5.75 Å². The lowest BCUT2D eigenvalue weighted by atomic mass is 10.1. The number of amides is 1. The first kappa shape index (κ1) is 20.7. The van der Waals surface area contributed by atoms with E-state index in [0.717, 1.165) is 21.6 Å². The van der Waals surface area contributed by atoms with Gasteiger partial charge >= 0.3 is 0 Å². The quantitative estimate of drug-likeness (QED) is 0.528. The van der Waals surface area contributed by atoms with Crippen LogP contribution in [0.25, 0.3) is 0 Å². The van der Waals surface area contributed by atoms with Crippen LogP contribution in [0.5, 0.6) is 0 Å². The zero-order valence-electron chi connectivity index (χ0n) is 16.0. The number of hydrogen-bond acceptors (Lipinski definition) is 4. The maximum absolute atomic E-state index is 12.1. The molecule has 0 aromatic heterocycles. The molecule has 29 heavy (non-hydrogen) atoms. The molecule has 0 fully saturated rings. The van der Waals surface area contributed by atoms with Crippen LogP contribution in [0.2, 0.25) is 0 Å². The maximum atomic E-state index is 12.1. The number of nitriles is 1. The summed E-state index contributed by atoms with van der Waals surface area (Å²) in [5, 5.41) is 11.8. The van der Waals surface area contributed by atoms with Gasteiger partial charge in [0, 0.05) is 11.4 Å². The van der Waals surface area contributed by atoms with E-state index < -0.39 is 0 Å². The Labute approximate surface area is 175 Å². The normalized spacial score (nSPS) is 10.3. The Kier molecular flexibility index (Phi) is 7.88. The van der Waals surface area contributed by atoms with Crippen LogP contribution in [-0.2, 0) is 29.3 Å². The number of thioether (sulfide) groups is 1. The highest BCUT2D eigenvalue weighted by Gasteiger charge is 2.04. The molecule has 0 saturated heterocycles. The third-order valence-electron chi connectivity index (χ3n) is 4.21. The fourth-order valence-electron chi connectivity index (χ4n) is 2.72.